The van der Waals surface area contributed by atoms with Crippen LogP contribution in [0.4, 0.5) is 0 Å². The number of hydrogen-bond donors (Lipinski definition) is 1. The van der Waals surface area contributed by atoms with E-state index in [2.05, 4.69) is 77.0 Å². The maximum Gasteiger partial charge on any atom is 0.0357 e. The van der Waals surface area contributed by atoms with Gasteiger partial charge in [-0.3, -0.25) is 0 Å². The summed E-state index contributed by atoms with van der Waals surface area (Å²) < 4.78 is 2.39. The molecule has 0 bridgehead atoms. The third-order valence-electron chi connectivity index (χ3n) is 3.44. The summed E-state index contributed by atoms with van der Waals surface area (Å²) in [5.41, 5.74) is 2.62. The Hall–Kier alpha value is 0.140. The Morgan fingerprint density at radius 2 is 1.83 bits per heavy atom. The van der Waals surface area contributed by atoms with Crippen molar-refractivity contribution in [1.82, 2.24) is 5.32 Å². The average molecular weight is 377 g/mol. The number of hydrogen-bond acceptors (Lipinski definition) is 1. The first kappa shape index (κ1) is 16.2. The van der Waals surface area contributed by atoms with Gasteiger partial charge in [-0.1, -0.05) is 59.1 Å². The molecule has 1 nitrogen and oxygen atoms in total. The van der Waals surface area contributed by atoms with E-state index in [1.807, 2.05) is 0 Å². The van der Waals surface area contributed by atoms with Gasteiger partial charge in [-0.25, -0.2) is 0 Å². The predicted molar refractivity (Wildman–Crippen MR) is 87.1 cm³/mol. The van der Waals surface area contributed by atoms with E-state index in [1.54, 1.807) is 0 Å². The quantitative estimate of drug-likeness (QED) is 0.680. The topological polar surface area (TPSA) is 12.0 Å². The Labute approximate surface area is 128 Å². The second-order valence-corrected chi connectivity index (χ2v) is 6.65. The van der Waals surface area contributed by atoms with Crippen molar-refractivity contribution >= 4 is 31.9 Å². The van der Waals surface area contributed by atoms with Gasteiger partial charge in [0.25, 0.3) is 0 Å². The van der Waals surface area contributed by atoms with Crippen molar-refractivity contribution < 1.29 is 0 Å². The molecule has 18 heavy (non-hydrogen) atoms. The van der Waals surface area contributed by atoms with E-state index in [4.69, 9.17) is 0 Å². The molecule has 0 radical (unpaired) electrons. The van der Waals surface area contributed by atoms with Crippen molar-refractivity contribution in [3.8, 4) is 0 Å². The van der Waals surface area contributed by atoms with E-state index in [-0.39, 0.29) is 0 Å². The molecule has 1 aromatic rings. The molecule has 0 aliphatic carbocycles. The van der Waals surface area contributed by atoms with E-state index in [0.29, 0.717) is 12.0 Å². The lowest BCUT2D eigenvalue weighted by Gasteiger charge is -2.26. The van der Waals surface area contributed by atoms with Gasteiger partial charge in [-0.2, -0.15) is 0 Å². The van der Waals surface area contributed by atoms with Crippen molar-refractivity contribution in [3.63, 3.8) is 0 Å². The highest BCUT2D eigenvalue weighted by molar-refractivity contribution is 9.11. The van der Waals surface area contributed by atoms with Crippen LogP contribution in [0, 0.1) is 12.8 Å². The van der Waals surface area contributed by atoms with Crippen molar-refractivity contribution in [3.05, 3.63) is 32.2 Å². The molecular formula is C15H23Br2N. The molecule has 1 N–H and O–H groups in total. The summed E-state index contributed by atoms with van der Waals surface area (Å²) in [5.74, 6) is 0.627. The Balaban J connectivity index is 3.07. The molecule has 1 rings (SSSR count). The monoisotopic (exact) mass is 375 g/mol. The molecule has 102 valence electrons. The maximum atomic E-state index is 3.71. The molecule has 0 fully saturated rings. The van der Waals surface area contributed by atoms with Crippen LogP contribution in [0.3, 0.4) is 0 Å². The highest BCUT2D eigenvalue weighted by Gasteiger charge is 2.20. The molecule has 0 aromatic heterocycles. The zero-order valence-corrected chi connectivity index (χ0v) is 14.9. The molecule has 2 unspecified atom stereocenters. The fourth-order valence-electron chi connectivity index (χ4n) is 2.05. The highest BCUT2D eigenvalue weighted by Crippen LogP contribution is 2.34. The molecule has 1 aromatic carbocycles. The lowest BCUT2D eigenvalue weighted by molar-refractivity contribution is 0.376. The van der Waals surface area contributed by atoms with E-state index in [0.717, 1.165) is 13.0 Å². The fraction of sp³-hybridized carbons (Fsp3) is 0.600. The van der Waals surface area contributed by atoms with Gasteiger partial charge >= 0.3 is 0 Å². The number of benzene rings is 1. The molecule has 0 saturated heterocycles. The van der Waals surface area contributed by atoms with Crippen molar-refractivity contribution in [2.24, 2.45) is 5.92 Å². The van der Waals surface area contributed by atoms with Crippen LogP contribution in [0.5, 0.6) is 0 Å². The normalized spacial score (nSPS) is 14.6. The van der Waals surface area contributed by atoms with Gasteiger partial charge in [-0.15, -0.1) is 0 Å². The standard InChI is InChI=1S/C15H23Br2N/c1-5-7-18-15(10(3)6-2)12-9-13(16)11(4)8-14(12)17/h8-10,15,18H,5-7H2,1-4H3. The molecule has 2 atom stereocenters. The minimum absolute atomic E-state index is 0.418. The molecule has 0 spiro atoms. The third-order valence-corrected chi connectivity index (χ3v) is 4.98. The molecule has 0 amide bonds. The first-order valence-electron chi connectivity index (χ1n) is 6.70. The van der Waals surface area contributed by atoms with Gasteiger partial charge in [-0.05, 0) is 49.1 Å². The van der Waals surface area contributed by atoms with Crippen LogP contribution in [0.15, 0.2) is 21.1 Å². The average Bonchev–Trinajstić information content (AvgIpc) is 2.35. The lowest BCUT2D eigenvalue weighted by Crippen LogP contribution is -2.27. The van der Waals surface area contributed by atoms with Crippen LogP contribution in [0.2, 0.25) is 0 Å². The Bertz CT molecular complexity index is 390. The van der Waals surface area contributed by atoms with Gasteiger partial charge in [0.05, 0.1) is 0 Å². The van der Waals surface area contributed by atoms with E-state index in [1.165, 1.54) is 26.5 Å². The van der Waals surface area contributed by atoms with Gasteiger partial charge in [0, 0.05) is 15.0 Å². The number of rotatable bonds is 6. The highest BCUT2D eigenvalue weighted by atomic mass is 79.9. The molecular weight excluding hydrogens is 354 g/mol. The Kier molecular flexibility index (Phi) is 6.89. The lowest BCUT2D eigenvalue weighted by atomic mass is 9.92. The molecule has 0 saturated carbocycles. The van der Waals surface area contributed by atoms with Crippen LogP contribution in [0.1, 0.15) is 50.8 Å². The Morgan fingerprint density at radius 1 is 1.17 bits per heavy atom. The largest absolute Gasteiger partial charge is 0.310 e. The van der Waals surface area contributed by atoms with E-state index < -0.39 is 0 Å². The summed E-state index contributed by atoms with van der Waals surface area (Å²) in [7, 11) is 0. The summed E-state index contributed by atoms with van der Waals surface area (Å²) in [6.07, 6.45) is 2.34. The van der Waals surface area contributed by atoms with Gasteiger partial charge in [0.15, 0.2) is 0 Å². The Morgan fingerprint density at radius 3 is 2.39 bits per heavy atom. The second kappa shape index (κ2) is 7.66. The molecule has 0 heterocycles. The summed E-state index contributed by atoms with van der Waals surface area (Å²) in [4.78, 5) is 0. The van der Waals surface area contributed by atoms with Crippen LogP contribution in [-0.4, -0.2) is 6.54 Å². The van der Waals surface area contributed by atoms with Crippen LogP contribution in [0.25, 0.3) is 0 Å². The number of aryl methyl sites for hydroxylation is 1. The van der Waals surface area contributed by atoms with Gasteiger partial charge in [0.2, 0.25) is 0 Å². The summed E-state index contributed by atoms with van der Waals surface area (Å²) in [5, 5.41) is 3.67. The second-order valence-electron chi connectivity index (χ2n) is 4.94. The smallest absolute Gasteiger partial charge is 0.0357 e. The first-order chi connectivity index (χ1) is 8.51. The molecule has 0 aliphatic rings. The summed E-state index contributed by atoms with van der Waals surface area (Å²) in [6.45, 7) is 9.96. The van der Waals surface area contributed by atoms with E-state index in [9.17, 15) is 0 Å². The summed E-state index contributed by atoms with van der Waals surface area (Å²) >= 11 is 7.35. The maximum absolute atomic E-state index is 3.71. The fourth-order valence-corrected chi connectivity index (χ4v) is 3.12. The molecule has 3 heteroatoms. The zero-order valence-electron chi connectivity index (χ0n) is 11.7. The first-order valence-corrected chi connectivity index (χ1v) is 8.28. The van der Waals surface area contributed by atoms with Crippen LogP contribution < -0.4 is 5.32 Å². The van der Waals surface area contributed by atoms with Crippen molar-refractivity contribution in [2.75, 3.05) is 6.54 Å². The van der Waals surface area contributed by atoms with Gasteiger partial charge in [0.1, 0.15) is 0 Å². The SMILES string of the molecule is CCCNC(c1cc(Br)c(C)cc1Br)C(C)CC. The number of nitrogens with one attached hydrogen (secondary N) is 1. The van der Waals surface area contributed by atoms with Gasteiger partial charge < -0.3 is 5.32 Å². The van der Waals surface area contributed by atoms with Crippen LogP contribution in [-0.2, 0) is 0 Å². The van der Waals surface area contributed by atoms with Crippen molar-refractivity contribution in [2.45, 2.75) is 46.6 Å². The van der Waals surface area contributed by atoms with E-state index >= 15 is 0 Å². The minimum atomic E-state index is 0.418. The predicted octanol–water partition coefficient (Wildman–Crippen LogP) is 5.61. The number of halogens is 2. The summed E-state index contributed by atoms with van der Waals surface area (Å²) in [6, 6.07) is 4.86. The zero-order chi connectivity index (χ0) is 13.7. The third kappa shape index (κ3) is 4.07. The van der Waals surface area contributed by atoms with Crippen LogP contribution >= 0.6 is 31.9 Å². The van der Waals surface area contributed by atoms with Crippen molar-refractivity contribution in [1.29, 1.82) is 0 Å². The minimum Gasteiger partial charge on any atom is -0.310 e. The molecule has 0 aliphatic heterocycles.